The highest BCUT2D eigenvalue weighted by atomic mass is 16.3. The SMILES string of the molecule is CC(C)=CCc1c(O)cc2oc(-c3ccccc3)cc(=O)c2c1O. The van der Waals surface area contributed by atoms with E-state index in [0.717, 1.165) is 11.1 Å². The summed E-state index contributed by atoms with van der Waals surface area (Å²) in [5, 5.41) is 20.7. The summed E-state index contributed by atoms with van der Waals surface area (Å²) in [6.45, 7) is 3.85. The molecule has 2 aromatic carbocycles. The fraction of sp³-hybridized carbons (Fsp3) is 0.150. The number of benzene rings is 2. The van der Waals surface area contributed by atoms with Crippen LogP contribution in [-0.4, -0.2) is 10.2 Å². The fourth-order valence-electron chi connectivity index (χ4n) is 2.58. The molecule has 0 bridgehead atoms. The summed E-state index contributed by atoms with van der Waals surface area (Å²) in [5.41, 5.74) is 1.95. The first-order chi connectivity index (χ1) is 11.5. The van der Waals surface area contributed by atoms with Gasteiger partial charge < -0.3 is 14.6 Å². The topological polar surface area (TPSA) is 70.7 Å². The Kier molecular flexibility index (Phi) is 4.13. The number of aromatic hydroxyl groups is 2. The largest absolute Gasteiger partial charge is 0.507 e. The first kappa shape index (κ1) is 15.9. The Morgan fingerprint density at radius 2 is 1.83 bits per heavy atom. The molecular formula is C20H18O4. The minimum atomic E-state index is -0.342. The zero-order chi connectivity index (χ0) is 17.3. The van der Waals surface area contributed by atoms with Crippen molar-refractivity contribution in [2.45, 2.75) is 20.3 Å². The molecule has 0 aliphatic heterocycles. The second-order valence-electron chi connectivity index (χ2n) is 5.92. The molecule has 0 aliphatic rings. The second kappa shape index (κ2) is 6.24. The summed E-state index contributed by atoms with van der Waals surface area (Å²) in [5.74, 6) is 0.0747. The first-order valence-electron chi connectivity index (χ1n) is 7.68. The lowest BCUT2D eigenvalue weighted by molar-refractivity contribution is 0.443. The lowest BCUT2D eigenvalue weighted by Gasteiger charge is -2.10. The molecule has 1 heterocycles. The summed E-state index contributed by atoms with van der Waals surface area (Å²) in [6, 6.07) is 12.0. The molecule has 122 valence electrons. The van der Waals surface area contributed by atoms with Gasteiger partial charge in [0, 0.05) is 23.3 Å². The van der Waals surface area contributed by atoms with Gasteiger partial charge in [-0.1, -0.05) is 42.0 Å². The molecule has 0 saturated heterocycles. The molecule has 3 rings (SSSR count). The van der Waals surface area contributed by atoms with Gasteiger partial charge >= 0.3 is 0 Å². The molecule has 1 aromatic heterocycles. The van der Waals surface area contributed by atoms with Gasteiger partial charge in [0.2, 0.25) is 0 Å². The molecule has 0 atom stereocenters. The minimum Gasteiger partial charge on any atom is -0.507 e. The normalized spacial score (nSPS) is 10.8. The van der Waals surface area contributed by atoms with Crippen LogP contribution >= 0.6 is 0 Å². The van der Waals surface area contributed by atoms with Crippen molar-refractivity contribution in [3.63, 3.8) is 0 Å². The van der Waals surface area contributed by atoms with E-state index in [1.807, 2.05) is 50.3 Å². The fourth-order valence-corrected chi connectivity index (χ4v) is 2.58. The molecule has 3 aromatic rings. The summed E-state index contributed by atoms with van der Waals surface area (Å²) in [4.78, 5) is 12.5. The summed E-state index contributed by atoms with van der Waals surface area (Å²) < 4.78 is 5.74. The Bertz CT molecular complexity index is 978. The van der Waals surface area contributed by atoms with Crippen LogP contribution < -0.4 is 5.43 Å². The first-order valence-corrected chi connectivity index (χ1v) is 7.68. The van der Waals surface area contributed by atoms with Gasteiger partial charge in [0.15, 0.2) is 5.43 Å². The van der Waals surface area contributed by atoms with Gasteiger partial charge in [-0.3, -0.25) is 4.79 Å². The number of phenols is 2. The molecular weight excluding hydrogens is 304 g/mol. The average molecular weight is 322 g/mol. The Labute approximate surface area is 139 Å². The average Bonchev–Trinajstić information content (AvgIpc) is 2.54. The number of fused-ring (bicyclic) bond motifs is 1. The van der Waals surface area contributed by atoms with Crippen molar-refractivity contribution in [3.8, 4) is 22.8 Å². The molecule has 0 radical (unpaired) electrons. The number of phenolic OH excluding ortho intramolecular Hbond substituents is 2. The van der Waals surface area contributed by atoms with E-state index in [1.54, 1.807) is 0 Å². The van der Waals surface area contributed by atoms with Crippen LogP contribution in [0.2, 0.25) is 0 Å². The second-order valence-corrected chi connectivity index (χ2v) is 5.92. The van der Waals surface area contributed by atoms with E-state index >= 15 is 0 Å². The van der Waals surface area contributed by atoms with Crippen LogP contribution in [0.4, 0.5) is 0 Å². The predicted molar refractivity (Wildman–Crippen MR) is 94.4 cm³/mol. The van der Waals surface area contributed by atoms with E-state index in [4.69, 9.17) is 4.42 Å². The van der Waals surface area contributed by atoms with E-state index < -0.39 is 0 Å². The molecule has 24 heavy (non-hydrogen) atoms. The Morgan fingerprint density at radius 3 is 2.50 bits per heavy atom. The lowest BCUT2D eigenvalue weighted by atomic mass is 10.0. The summed E-state index contributed by atoms with van der Waals surface area (Å²) >= 11 is 0. The quantitative estimate of drug-likeness (QED) is 0.702. The van der Waals surface area contributed by atoms with Gasteiger partial charge in [-0.05, 0) is 20.3 Å². The lowest BCUT2D eigenvalue weighted by Crippen LogP contribution is -2.02. The van der Waals surface area contributed by atoms with Gasteiger partial charge in [-0.15, -0.1) is 0 Å². The van der Waals surface area contributed by atoms with Crippen molar-refractivity contribution in [2.75, 3.05) is 0 Å². The maximum absolute atomic E-state index is 12.5. The van der Waals surface area contributed by atoms with Crippen molar-refractivity contribution in [1.82, 2.24) is 0 Å². The van der Waals surface area contributed by atoms with E-state index in [2.05, 4.69) is 0 Å². The van der Waals surface area contributed by atoms with Gasteiger partial charge in [-0.2, -0.15) is 0 Å². The van der Waals surface area contributed by atoms with Crippen LogP contribution in [0, 0.1) is 0 Å². The highest BCUT2D eigenvalue weighted by Crippen LogP contribution is 2.36. The number of rotatable bonds is 3. The summed E-state index contributed by atoms with van der Waals surface area (Å²) in [7, 11) is 0. The van der Waals surface area contributed by atoms with Crippen LogP contribution in [0.25, 0.3) is 22.3 Å². The third kappa shape index (κ3) is 2.91. The zero-order valence-electron chi connectivity index (χ0n) is 13.5. The Hall–Kier alpha value is -3.01. The zero-order valence-corrected chi connectivity index (χ0v) is 13.5. The van der Waals surface area contributed by atoms with Gasteiger partial charge in [0.05, 0.1) is 0 Å². The van der Waals surface area contributed by atoms with E-state index in [-0.39, 0.29) is 27.9 Å². The van der Waals surface area contributed by atoms with Crippen LogP contribution in [0.3, 0.4) is 0 Å². The van der Waals surface area contributed by atoms with Crippen LogP contribution in [-0.2, 0) is 6.42 Å². The summed E-state index contributed by atoms with van der Waals surface area (Å²) in [6.07, 6.45) is 2.22. The Balaban J connectivity index is 2.22. The highest BCUT2D eigenvalue weighted by Gasteiger charge is 2.17. The van der Waals surface area contributed by atoms with Gasteiger partial charge in [-0.25, -0.2) is 0 Å². The van der Waals surface area contributed by atoms with Gasteiger partial charge in [0.1, 0.15) is 28.2 Å². The minimum absolute atomic E-state index is 0.0876. The molecule has 0 aliphatic carbocycles. The standard InChI is InChI=1S/C20H18O4/c1-12(2)8-9-14-15(21)10-18-19(20(14)23)16(22)11-17(24-18)13-6-4-3-5-7-13/h3-8,10-11,21,23H,9H2,1-2H3. The molecule has 0 saturated carbocycles. The predicted octanol–water partition coefficient (Wildman–Crippen LogP) is 4.38. The number of hydrogen-bond acceptors (Lipinski definition) is 4. The molecule has 0 fully saturated rings. The molecule has 4 heteroatoms. The van der Waals surface area contributed by atoms with Crippen molar-refractivity contribution in [3.05, 3.63) is 69.9 Å². The number of hydrogen-bond donors (Lipinski definition) is 2. The third-order valence-corrected chi connectivity index (χ3v) is 3.85. The monoisotopic (exact) mass is 322 g/mol. The van der Waals surface area contributed by atoms with Crippen molar-refractivity contribution in [1.29, 1.82) is 0 Å². The maximum Gasteiger partial charge on any atom is 0.197 e. The van der Waals surface area contributed by atoms with Crippen molar-refractivity contribution >= 4 is 11.0 Å². The van der Waals surface area contributed by atoms with E-state index in [9.17, 15) is 15.0 Å². The van der Waals surface area contributed by atoms with Crippen LogP contribution in [0.5, 0.6) is 11.5 Å². The molecule has 0 spiro atoms. The van der Waals surface area contributed by atoms with E-state index in [1.165, 1.54) is 12.1 Å². The van der Waals surface area contributed by atoms with Crippen LogP contribution in [0.15, 0.2) is 63.3 Å². The molecule has 0 unspecified atom stereocenters. The van der Waals surface area contributed by atoms with Crippen molar-refractivity contribution < 1.29 is 14.6 Å². The van der Waals surface area contributed by atoms with E-state index in [0.29, 0.717) is 17.7 Å². The van der Waals surface area contributed by atoms with Gasteiger partial charge in [0.25, 0.3) is 0 Å². The van der Waals surface area contributed by atoms with Crippen LogP contribution in [0.1, 0.15) is 19.4 Å². The maximum atomic E-state index is 12.5. The number of allylic oxidation sites excluding steroid dienone is 2. The van der Waals surface area contributed by atoms with Crippen molar-refractivity contribution in [2.24, 2.45) is 0 Å². The Morgan fingerprint density at radius 1 is 1.12 bits per heavy atom. The highest BCUT2D eigenvalue weighted by molar-refractivity contribution is 5.88. The third-order valence-electron chi connectivity index (χ3n) is 3.85. The molecule has 4 nitrogen and oxygen atoms in total. The molecule has 2 N–H and O–H groups in total. The molecule has 0 amide bonds. The smallest absolute Gasteiger partial charge is 0.197 e.